The predicted molar refractivity (Wildman–Crippen MR) is 362 cm³/mol. The van der Waals surface area contributed by atoms with Gasteiger partial charge in [0.05, 0.1) is 0 Å². The maximum atomic E-state index is 13.0. The van der Waals surface area contributed by atoms with Crippen molar-refractivity contribution in [2.45, 2.75) is 304 Å². The Labute approximate surface area is 511 Å². The molecule has 1 fully saturated rings. The molecule has 0 saturated heterocycles. The third-order valence-electron chi connectivity index (χ3n) is 16.1. The number of allylic oxidation sites excluding steroid dienone is 6. The van der Waals surface area contributed by atoms with Crippen molar-refractivity contribution in [3.05, 3.63) is 68.8 Å². The van der Waals surface area contributed by atoms with Gasteiger partial charge in [0.25, 0.3) is 0 Å². The van der Waals surface area contributed by atoms with E-state index in [4.69, 9.17) is 0 Å². The molecule has 0 amide bonds. The molecule has 1 saturated carbocycles. The minimum atomic E-state index is 0.115. The summed E-state index contributed by atoms with van der Waals surface area (Å²) in [6.07, 6.45) is 17.8. The first-order valence-corrected chi connectivity index (χ1v) is 33.7. The zero-order valence-corrected chi connectivity index (χ0v) is 60.1. The fourth-order valence-corrected chi connectivity index (χ4v) is 15.0. The molecule has 82 heavy (non-hydrogen) atoms. The summed E-state index contributed by atoms with van der Waals surface area (Å²) >= 11 is 0. The fourth-order valence-electron chi connectivity index (χ4n) is 15.0. The van der Waals surface area contributed by atoms with Crippen LogP contribution in [0, 0.1) is 99.1 Å². The average molecular weight is 1140 g/mol. The number of rotatable bonds is 23. The topological polar surface area (TPSA) is 68.3 Å². The van der Waals surface area contributed by atoms with Crippen molar-refractivity contribution in [2.75, 3.05) is 0 Å². The van der Waals surface area contributed by atoms with Crippen LogP contribution in [0.25, 0.3) is 0 Å². The van der Waals surface area contributed by atoms with E-state index in [-0.39, 0.29) is 22.4 Å². The van der Waals surface area contributed by atoms with E-state index in [1.54, 1.807) is 18.6 Å². The molecule has 4 heteroatoms. The molecule has 1 aromatic rings. The van der Waals surface area contributed by atoms with E-state index in [1.807, 2.05) is 20.8 Å². The quantitative estimate of drug-likeness (QED) is 0.102. The number of ketones is 4. The van der Waals surface area contributed by atoms with Gasteiger partial charge < -0.3 is 4.79 Å². The third-order valence-corrected chi connectivity index (χ3v) is 16.1. The van der Waals surface area contributed by atoms with E-state index >= 15 is 0 Å². The minimum absolute atomic E-state index is 0.115. The first-order valence-electron chi connectivity index (χ1n) is 33.7. The van der Waals surface area contributed by atoms with Crippen molar-refractivity contribution < 1.29 is 19.2 Å². The number of Topliss-reactive ketones (excluding diaryl/α,β-unsaturated/α-hetero) is 3. The van der Waals surface area contributed by atoms with E-state index in [1.165, 1.54) is 71.9 Å². The Morgan fingerprint density at radius 3 is 1.21 bits per heavy atom. The van der Waals surface area contributed by atoms with Crippen molar-refractivity contribution in [2.24, 2.45) is 99.1 Å². The highest BCUT2D eigenvalue weighted by Crippen LogP contribution is 2.59. The van der Waals surface area contributed by atoms with Crippen molar-refractivity contribution in [3.8, 4) is 0 Å². The molecule has 474 valence electrons. The Balaban J connectivity index is 0.00000105. The molecule has 4 nitrogen and oxygen atoms in total. The van der Waals surface area contributed by atoms with Crippen LogP contribution in [0.5, 0.6) is 0 Å². The van der Waals surface area contributed by atoms with Crippen LogP contribution in [-0.2, 0) is 38.4 Å². The maximum Gasteiger partial charge on any atom is 0.159 e. The van der Waals surface area contributed by atoms with E-state index in [0.29, 0.717) is 70.7 Å². The van der Waals surface area contributed by atoms with Crippen LogP contribution in [0.15, 0.2) is 52.1 Å². The van der Waals surface area contributed by atoms with Crippen molar-refractivity contribution in [3.63, 3.8) is 0 Å². The Bertz CT molecular complexity index is 2100. The molecule has 3 aliphatic rings. The number of carbonyl (C=O) groups excluding carboxylic acids is 4. The zero-order valence-electron chi connectivity index (χ0n) is 60.1. The van der Waals surface area contributed by atoms with E-state index < -0.39 is 0 Å². The average Bonchev–Trinajstić information content (AvgIpc) is 3.20. The lowest BCUT2D eigenvalue weighted by atomic mass is 9.50. The first-order chi connectivity index (χ1) is 37.4. The summed E-state index contributed by atoms with van der Waals surface area (Å²) < 4.78 is 0. The predicted octanol–water partition coefficient (Wildman–Crippen LogP) is 23.0. The first kappa shape index (κ1) is 79.1. The Kier molecular flexibility index (Phi) is 35.7. The highest BCUT2D eigenvalue weighted by atomic mass is 16.1. The highest BCUT2D eigenvalue weighted by Gasteiger charge is 2.51. The molecule has 4 atom stereocenters. The Morgan fingerprint density at radius 1 is 0.463 bits per heavy atom. The van der Waals surface area contributed by atoms with Gasteiger partial charge in [-0.1, -0.05) is 229 Å². The lowest BCUT2D eigenvalue weighted by molar-refractivity contribution is -0.121. The standard InChI is InChI=1S/C24H42O.C18H32O.C18H30.C12H22O.C6H12O/c1-15(2)10-18-12-24(9,11-16(3)4)13-19-21(17(5)6)20(25)14-23(7,8)22(18)19;1-12(2)8-15-10-18(7,9-13(3)4)11-16(19)17(15)14(5)6;1-13(2)7-16-10-17(8-14(3)4)12-18(11-16)9-15(5)6;1-9(2)6-11(5)8-12(13)7-10(3)4;1-5(2)4-6(3)7/h15-18,22H,10-14H2,1-9H3;12-14H,8-11H2,1-7H3;10-15H,7-9H2,1-6H3;8-10H,6-7H2,1-5H3;5H,4H2,1-3H3/b;;;11-8+;. The minimum Gasteiger partial charge on any atom is -0.300 e. The number of benzene rings is 1. The lowest BCUT2D eigenvalue weighted by Crippen LogP contribution is -2.46. The van der Waals surface area contributed by atoms with E-state index in [2.05, 4.69) is 198 Å². The van der Waals surface area contributed by atoms with Gasteiger partial charge in [-0.05, 0) is 217 Å². The van der Waals surface area contributed by atoms with Crippen LogP contribution < -0.4 is 0 Å². The zero-order chi connectivity index (χ0) is 63.9. The molecule has 0 bridgehead atoms. The van der Waals surface area contributed by atoms with Crippen LogP contribution in [0.3, 0.4) is 0 Å². The molecule has 0 aliphatic heterocycles. The molecule has 1 aromatic carbocycles. The number of hydrogen-bond donors (Lipinski definition) is 0. The third kappa shape index (κ3) is 32.0. The smallest absolute Gasteiger partial charge is 0.159 e. The van der Waals surface area contributed by atoms with Gasteiger partial charge in [-0.25, -0.2) is 0 Å². The Morgan fingerprint density at radius 2 is 0.866 bits per heavy atom. The van der Waals surface area contributed by atoms with Gasteiger partial charge in [-0.3, -0.25) is 14.4 Å². The van der Waals surface area contributed by atoms with Crippen molar-refractivity contribution in [1.29, 1.82) is 0 Å². The van der Waals surface area contributed by atoms with Crippen LogP contribution in [0.4, 0.5) is 0 Å². The summed E-state index contributed by atoms with van der Waals surface area (Å²) in [7, 11) is 0. The van der Waals surface area contributed by atoms with Crippen LogP contribution in [0.1, 0.15) is 301 Å². The maximum absolute atomic E-state index is 13.0. The molecular weight excluding hydrogens is 1000 g/mol. The summed E-state index contributed by atoms with van der Waals surface area (Å²) in [5.41, 5.74) is 11.8. The number of carbonyl (C=O) groups is 4. The van der Waals surface area contributed by atoms with Gasteiger partial charge in [-0.2, -0.15) is 0 Å². The molecule has 0 spiro atoms. The SMILES string of the molecule is C/C(=C\C(=O)CC(C)C)CC(C)C.CC(=O)CC(C)C.CC(C)CC1=C(C(C)C)C(=O)CC(C)(CC(C)C)C1.CC(C)CC1CC(C)(CC(C)C)CC2=C(C(C)C)C(=O)CC(C)(C)C21.CC(C)Cc1cc(CC(C)C)cc(CC(C)C)c1. The van der Waals surface area contributed by atoms with Gasteiger partial charge in [0, 0.05) is 25.7 Å². The van der Waals surface area contributed by atoms with Crippen LogP contribution in [-0.4, -0.2) is 23.1 Å². The molecule has 0 heterocycles. The molecule has 3 aliphatic carbocycles. The largest absolute Gasteiger partial charge is 0.300 e. The van der Waals surface area contributed by atoms with Crippen LogP contribution >= 0.6 is 0 Å². The van der Waals surface area contributed by atoms with Gasteiger partial charge in [0.2, 0.25) is 0 Å². The summed E-state index contributed by atoms with van der Waals surface area (Å²) in [6.45, 7) is 66.8. The molecule has 0 N–H and O–H groups in total. The number of fused-ring (bicyclic) bond motifs is 1. The lowest BCUT2D eigenvalue weighted by Gasteiger charge is -2.54. The molecule has 4 unspecified atom stereocenters. The van der Waals surface area contributed by atoms with Gasteiger partial charge in [0.15, 0.2) is 17.3 Å². The monoisotopic (exact) mass is 1140 g/mol. The summed E-state index contributed by atoms with van der Waals surface area (Å²) in [5, 5.41) is 0. The van der Waals surface area contributed by atoms with Crippen LogP contribution in [0.2, 0.25) is 0 Å². The van der Waals surface area contributed by atoms with Gasteiger partial charge in [-0.15, -0.1) is 0 Å². The van der Waals surface area contributed by atoms with Gasteiger partial charge in [0.1, 0.15) is 5.78 Å². The highest BCUT2D eigenvalue weighted by molar-refractivity contribution is 5.98. The van der Waals surface area contributed by atoms with Gasteiger partial charge >= 0.3 is 0 Å². The molecular formula is C78H138O4. The van der Waals surface area contributed by atoms with Crippen molar-refractivity contribution in [1.82, 2.24) is 0 Å². The van der Waals surface area contributed by atoms with E-state index in [9.17, 15) is 19.2 Å². The molecule has 0 aromatic heterocycles. The summed E-state index contributed by atoms with van der Waals surface area (Å²) in [6, 6.07) is 7.26. The number of hydrogen-bond acceptors (Lipinski definition) is 4. The summed E-state index contributed by atoms with van der Waals surface area (Å²) in [5.74, 6) is 10.1. The van der Waals surface area contributed by atoms with E-state index in [0.717, 1.165) is 92.4 Å². The second-order valence-corrected chi connectivity index (χ2v) is 33.2. The molecule has 0 radical (unpaired) electrons. The second kappa shape index (κ2) is 37.0. The Hall–Kier alpha value is -2.88. The molecule has 4 rings (SSSR count). The normalized spacial score (nSPS) is 21.2. The van der Waals surface area contributed by atoms with Crippen molar-refractivity contribution >= 4 is 23.1 Å². The fraction of sp³-hybridized carbons (Fsp3) is 0.795. The second-order valence-electron chi connectivity index (χ2n) is 33.2. The summed E-state index contributed by atoms with van der Waals surface area (Å²) in [4.78, 5) is 47.2.